The number of carbonyl (C=O) groups excluding carboxylic acids is 1. The van der Waals surface area contributed by atoms with Crippen LogP contribution in [0.2, 0.25) is 0 Å². The molecule has 178 valence electrons. The highest BCUT2D eigenvalue weighted by molar-refractivity contribution is 7.99. The smallest absolute Gasteiger partial charge is 0.303 e. The monoisotopic (exact) mass is 475 g/mol. The summed E-state index contributed by atoms with van der Waals surface area (Å²) in [6, 6.07) is 14.7. The minimum absolute atomic E-state index is 0.0249. The third kappa shape index (κ3) is 7.83. The maximum absolute atomic E-state index is 12.0. The van der Waals surface area contributed by atoms with Crippen LogP contribution in [0.25, 0.3) is 0 Å². The van der Waals surface area contributed by atoms with Gasteiger partial charge in [-0.25, -0.2) is 0 Å². The molecule has 8 nitrogen and oxygen atoms in total. The van der Waals surface area contributed by atoms with Crippen molar-refractivity contribution in [2.75, 3.05) is 23.4 Å². The maximum atomic E-state index is 12.0. The summed E-state index contributed by atoms with van der Waals surface area (Å²) >= 11 is 1.61. The SMILES string of the molecule is O=C(O)CCC(=O)Nc1cccc([C@@H]2O[C@H](CSCCO)C[C@H](c3ccc(CO)cc3)O2)c1. The van der Waals surface area contributed by atoms with Crippen molar-refractivity contribution in [1.29, 1.82) is 0 Å². The molecule has 1 aliphatic rings. The first-order chi connectivity index (χ1) is 16.0. The standard InChI is InChI=1S/C24H29NO7S/c26-10-11-33-15-20-13-21(17-6-4-16(14-27)5-7-17)32-24(31-20)18-2-1-3-19(12-18)25-22(28)8-9-23(29)30/h1-7,12,20-21,24,26-27H,8-11,13-15H2,(H,25,28)(H,29,30)/t20-,21+,24+/m0/s1. The average Bonchev–Trinajstić information content (AvgIpc) is 2.83. The van der Waals surface area contributed by atoms with Gasteiger partial charge in [-0.2, -0.15) is 11.8 Å². The first kappa shape index (κ1) is 25.2. The molecule has 1 aliphatic heterocycles. The number of hydrogen-bond donors (Lipinski definition) is 4. The molecule has 0 unspecified atom stereocenters. The second kappa shape index (κ2) is 12.7. The van der Waals surface area contributed by atoms with Gasteiger partial charge in [0.05, 0.1) is 31.8 Å². The fourth-order valence-electron chi connectivity index (χ4n) is 3.51. The highest BCUT2D eigenvalue weighted by atomic mass is 32.2. The molecule has 4 N–H and O–H groups in total. The molecule has 33 heavy (non-hydrogen) atoms. The largest absolute Gasteiger partial charge is 0.481 e. The minimum atomic E-state index is -1.02. The zero-order chi connectivity index (χ0) is 23.6. The number of carboxylic acid groups (broad SMARTS) is 1. The van der Waals surface area contributed by atoms with Crippen LogP contribution in [0.4, 0.5) is 5.69 Å². The molecular formula is C24H29NO7S. The van der Waals surface area contributed by atoms with E-state index in [-0.39, 0.29) is 44.2 Å². The van der Waals surface area contributed by atoms with Gasteiger partial charge in [0.15, 0.2) is 6.29 Å². The first-order valence-electron chi connectivity index (χ1n) is 10.8. The first-order valence-corrected chi connectivity index (χ1v) is 11.9. The van der Waals surface area contributed by atoms with Gasteiger partial charge in [-0.1, -0.05) is 36.4 Å². The lowest BCUT2D eigenvalue weighted by atomic mass is 10.0. The Morgan fingerprint density at radius 1 is 1.03 bits per heavy atom. The van der Waals surface area contributed by atoms with Crippen molar-refractivity contribution in [3.05, 3.63) is 65.2 Å². The Balaban J connectivity index is 1.74. The summed E-state index contributed by atoms with van der Waals surface area (Å²) < 4.78 is 12.5. The van der Waals surface area contributed by atoms with Crippen LogP contribution in [-0.2, 0) is 25.7 Å². The van der Waals surface area contributed by atoms with Crippen molar-refractivity contribution in [1.82, 2.24) is 0 Å². The van der Waals surface area contributed by atoms with Gasteiger partial charge in [-0.15, -0.1) is 0 Å². The number of rotatable bonds is 11. The summed E-state index contributed by atoms with van der Waals surface area (Å²) in [6.07, 6.45) is -0.659. The Morgan fingerprint density at radius 2 is 1.82 bits per heavy atom. The van der Waals surface area contributed by atoms with Gasteiger partial charge in [0, 0.05) is 35.6 Å². The van der Waals surface area contributed by atoms with E-state index in [1.165, 1.54) is 0 Å². The quantitative estimate of drug-likeness (QED) is 0.365. The second-order valence-corrected chi connectivity index (χ2v) is 8.87. The van der Waals surface area contributed by atoms with Crippen LogP contribution in [0.15, 0.2) is 48.5 Å². The number of anilines is 1. The summed E-state index contributed by atoms with van der Waals surface area (Å²) in [5.41, 5.74) is 3.08. The van der Waals surface area contributed by atoms with Gasteiger partial charge in [0.1, 0.15) is 0 Å². The number of aliphatic hydroxyl groups excluding tert-OH is 2. The molecule has 0 aromatic heterocycles. The highest BCUT2D eigenvalue weighted by Gasteiger charge is 2.32. The molecule has 1 saturated heterocycles. The lowest BCUT2D eigenvalue weighted by Crippen LogP contribution is -2.31. The topological polar surface area (TPSA) is 125 Å². The zero-order valence-electron chi connectivity index (χ0n) is 18.2. The normalized spacial score (nSPS) is 20.4. The summed E-state index contributed by atoms with van der Waals surface area (Å²) in [5.74, 6) is -0.0673. The molecule has 2 aromatic carbocycles. The zero-order valence-corrected chi connectivity index (χ0v) is 19.0. The van der Waals surface area contributed by atoms with Crippen LogP contribution in [0.1, 0.15) is 48.3 Å². The molecule has 0 spiro atoms. The van der Waals surface area contributed by atoms with E-state index < -0.39 is 12.3 Å². The van der Waals surface area contributed by atoms with Crippen molar-refractivity contribution in [2.45, 2.75) is 44.4 Å². The van der Waals surface area contributed by atoms with E-state index in [9.17, 15) is 14.7 Å². The molecular weight excluding hydrogens is 446 g/mol. The van der Waals surface area contributed by atoms with Gasteiger partial charge in [0.25, 0.3) is 0 Å². The van der Waals surface area contributed by atoms with E-state index in [4.69, 9.17) is 19.7 Å². The van der Waals surface area contributed by atoms with E-state index in [1.54, 1.807) is 30.0 Å². The fraction of sp³-hybridized carbons (Fsp3) is 0.417. The van der Waals surface area contributed by atoms with E-state index in [0.717, 1.165) is 16.7 Å². The maximum Gasteiger partial charge on any atom is 0.303 e. The molecule has 1 fully saturated rings. The Bertz CT molecular complexity index is 921. The van der Waals surface area contributed by atoms with E-state index in [2.05, 4.69) is 5.32 Å². The molecule has 3 atom stereocenters. The molecule has 2 aromatic rings. The number of carbonyl (C=O) groups is 2. The van der Waals surface area contributed by atoms with E-state index in [1.807, 2.05) is 30.3 Å². The molecule has 0 bridgehead atoms. The van der Waals surface area contributed by atoms with E-state index in [0.29, 0.717) is 23.6 Å². The van der Waals surface area contributed by atoms with Gasteiger partial charge in [-0.3, -0.25) is 9.59 Å². The number of nitrogens with one attached hydrogen (secondary N) is 1. The fourth-order valence-corrected chi connectivity index (χ4v) is 4.28. The van der Waals surface area contributed by atoms with Crippen molar-refractivity contribution < 1.29 is 34.4 Å². The third-order valence-electron chi connectivity index (χ3n) is 5.16. The lowest BCUT2D eigenvalue weighted by Gasteiger charge is -2.36. The van der Waals surface area contributed by atoms with Crippen LogP contribution >= 0.6 is 11.8 Å². The Kier molecular flexibility index (Phi) is 9.71. The summed E-state index contributed by atoms with van der Waals surface area (Å²) in [7, 11) is 0. The summed E-state index contributed by atoms with van der Waals surface area (Å²) in [4.78, 5) is 22.7. The van der Waals surface area contributed by atoms with E-state index >= 15 is 0 Å². The summed E-state index contributed by atoms with van der Waals surface area (Å²) in [5, 5.41) is 29.9. The van der Waals surface area contributed by atoms with Crippen molar-refractivity contribution in [3.8, 4) is 0 Å². The van der Waals surface area contributed by atoms with Gasteiger partial charge in [0.2, 0.25) is 5.91 Å². The number of hydrogen-bond acceptors (Lipinski definition) is 7. The number of aliphatic hydroxyl groups is 2. The van der Waals surface area contributed by atoms with Crippen molar-refractivity contribution in [3.63, 3.8) is 0 Å². The molecule has 0 aliphatic carbocycles. The molecule has 9 heteroatoms. The third-order valence-corrected chi connectivity index (χ3v) is 6.24. The number of amides is 1. The lowest BCUT2D eigenvalue weighted by molar-refractivity contribution is -0.245. The predicted molar refractivity (Wildman–Crippen MR) is 125 cm³/mol. The number of ether oxygens (including phenoxy) is 2. The van der Waals surface area contributed by atoms with Crippen LogP contribution < -0.4 is 5.32 Å². The van der Waals surface area contributed by atoms with Crippen LogP contribution in [0.3, 0.4) is 0 Å². The average molecular weight is 476 g/mol. The molecule has 1 amide bonds. The molecule has 0 saturated carbocycles. The summed E-state index contributed by atoms with van der Waals surface area (Å²) in [6.45, 7) is 0.0793. The molecule has 0 radical (unpaired) electrons. The van der Waals surface area contributed by atoms with Crippen LogP contribution in [-0.4, -0.2) is 51.4 Å². The number of benzene rings is 2. The predicted octanol–water partition coefficient (Wildman–Crippen LogP) is 3.25. The Labute approximate surface area is 196 Å². The second-order valence-electron chi connectivity index (χ2n) is 7.72. The molecule has 3 rings (SSSR count). The van der Waals surface area contributed by atoms with Crippen molar-refractivity contribution in [2.24, 2.45) is 0 Å². The van der Waals surface area contributed by atoms with Gasteiger partial charge in [-0.05, 0) is 23.3 Å². The van der Waals surface area contributed by atoms with Crippen LogP contribution in [0.5, 0.6) is 0 Å². The molecule has 1 heterocycles. The van der Waals surface area contributed by atoms with Crippen molar-refractivity contribution >= 4 is 29.3 Å². The van der Waals surface area contributed by atoms with Gasteiger partial charge < -0.3 is 30.1 Å². The number of thioether (sulfide) groups is 1. The minimum Gasteiger partial charge on any atom is -0.481 e. The van der Waals surface area contributed by atoms with Crippen LogP contribution in [0, 0.1) is 0 Å². The Hall–Kier alpha value is -2.43. The van der Waals surface area contributed by atoms with Gasteiger partial charge >= 0.3 is 5.97 Å². The number of aliphatic carboxylic acids is 1. The highest BCUT2D eigenvalue weighted by Crippen LogP contribution is 2.39. The Morgan fingerprint density at radius 3 is 2.52 bits per heavy atom. The number of carboxylic acids is 1.